The van der Waals surface area contributed by atoms with Crippen molar-refractivity contribution >= 4 is 11.5 Å². The number of aliphatic hydroxyl groups excluding tert-OH is 1. The van der Waals surface area contributed by atoms with Crippen molar-refractivity contribution < 1.29 is 24.0 Å². The average Bonchev–Trinajstić information content (AvgIpc) is 2.66. The van der Waals surface area contributed by atoms with Crippen LogP contribution in [-0.2, 0) is 17.1 Å². The van der Waals surface area contributed by atoms with Crippen LogP contribution >= 0.6 is 0 Å². The van der Waals surface area contributed by atoms with Gasteiger partial charge in [-0.05, 0) is 36.0 Å². The molecule has 1 heterocycles. The highest BCUT2D eigenvalue weighted by Crippen LogP contribution is 2.46. The number of benzene rings is 1. The van der Waals surface area contributed by atoms with Crippen LogP contribution in [0.5, 0.6) is 0 Å². The smallest absolute Gasteiger partial charge is 0.331 e. The van der Waals surface area contributed by atoms with Gasteiger partial charge in [0.25, 0.3) is 0 Å². The van der Waals surface area contributed by atoms with Crippen LogP contribution in [0, 0.1) is 5.53 Å². The number of hydrogen-bond acceptors (Lipinski definition) is 5. The van der Waals surface area contributed by atoms with E-state index in [0.717, 1.165) is 11.3 Å². The first-order chi connectivity index (χ1) is 13.3. The molecule has 6 nitrogen and oxygen atoms in total. The molecule has 1 aliphatic rings. The number of carbonyl (C=O) groups excluding carboxylic acids is 1. The SMILES string of the molecule is CC(O)c1cccc2c1C(F)(F)C(=O)CC2Cc1cncc([NH2+]C=CN=N)c1. The number of ketones is 1. The van der Waals surface area contributed by atoms with Gasteiger partial charge in [-0.1, -0.05) is 18.2 Å². The molecule has 4 N–H and O–H groups in total. The first-order valence-electron chi connectivity index (χ1n) is 8.87. The Bertz CT molecular complexity index is 928. The second-order valence-corrected chi connectivity index (χ2v) is 6.85. The predicted octanol–water partition coefficient (Wildman–Crippen LogP) is 3.22. The topological polar surface area (TPSA) is 103 Å². The zero-order valence-electron chi connectivity index (χ0n) is 15.3. The van der Waals surface area contributed by atoms with Crippen molar-refractivity contribution in [1.29, 1.82) is 5.53 Å². The summed E-state index contributed by atoms with van der Waals surface area (Å²) in [6.45, 7) is 1.42. The van der Waals surface area contributed by atoms with Gasteiger partial charge in [0.15, 0.2) is 5.69 Å². The minimum atomic E-state index is -3.60. The van der Waals surface area contributed by atoms with Gasteiger partial charge in [0, 0.05) is 24.2 Å². The Morgan fingerprint density at radius 2 is 2.25 bits per heavy atom. The number of quaternary nitrogens is 1. The van der Waals surface area contributed by atoms with Crippen molar-refractivity contribution in [1.82, 2.24) is 4.98 Å². The van der Waals surface area contributed by atoms with Crippen LogP contribution in [0.1, 0.15) is 47.6 Å². The fraction of sp³-hybridized carbons (Fsp3) is 0.300. The summed E-state index contributed by atoms with van der Waals surface area (Å²) in [5, 5.41) is 14.8. The molecule has 3 rings (SSSR count). The Balaban J connectivity index is 1.96. The van der Waals surface area contributed by atoms with Crippen molar-refractivity contribution in [2.45, 2.75) is 37.7 Å². The first kappa shape index (κ1) is 19.9. The number of carbonyl (C=O) groups is 1. The Hall–Kier alpha value is -2.84. The summed E-state index contributed by atoms with van der Waals surface area (Å²) in [4.78, 5) is 16.4. The highest BCUT2D eigenvalue weighted by atomic mass is 19.3. The molecule has 2 unspecified atom stereocenters. The largest absolute Gasteiger partial charge is 0.389 e. The van der Waals surface area contributed by atoms with Crippen molar-refractivity contribution in [3.63, 3.8) is 0 Å². The minimum absolute atomic E-state index is 0.0880. The van der Waals surface area contributed by atoms with E-state index in [0.29, 0.717) is 12.0 Å². The standard InChI is InChI=1S/C20H20F2N4O2/c1-12(27)16-3-2-4-17-14(9-18(28)20(21,22)19(16)17)7-13-8-15(11-24-10-13)25-5-6-26-23/h2-6,8,10-12,14,23,25,27H,7,9H2,1H3/p+1. The van der Waals surface area contributed by atoms with E-state index in [2.05, 4.69) is 10.1 Å². The maximum absolute atomic E-state index is 14.7. The first-order valence-corrected chi connectivity index (χ1v) is 8.87. The zero-order valence-corrected chi connectivity index (χ0v) is 15.3. The number of nitrogens with two attached hydrogens (primary N) is 1. The second kappa shape index (κ2) is 8.04. The molecule has 0 amide bonds. The summed E-state index contributed by atoms with van der Waals surface area (Å²) < 4.78 is 29.3. The molecular weight excluding hydrogens is 366 g/mol. The molecule has 8 heteroatoms. The third kappa shape index (κ3) is 3.88. The Labute approximate surface area is 160 Å². The molecule has 0 fully saturated rings. The molecule has 0 saturated carbocycles. The lowest BCUT2D eigenvalue weighted by molar-refractivity contribution is -0.496. The van der Waals surface area contributed by atoms with Gasteiger partial charge in [-0.3, -0.25) is 15.1 Å². The number of aliphatic hydroxyl groups is 1. The summed E-state index contributed by atoms with van der Waals surface area (Å²) in [5.74, 6) is -5.15. The molecule has 0 saturated heterocycles. The van der Waals surface area contributed by atoms with Gasteiger partial charge in [0.05, 0.1) is 12.3 Å². The number of nitrogens with zero attached hydrogens (tertiary/aromatic N) is 2. The highest BCUT2D eigenvalue weighted by Gasteiger charge is 2.49. The summed E-state index contributed by atoms with van der Waals surface area (Å²) in [6.07, 6.45) is 5.21. The van der Waals surface area contributed by atoms with Gasteiger partial charge in [-0.2, -0.15) is 13.9 Å². The average molecular weight is 387 g/mol. The van der Waals surface area contributed by atoms with Crippen molar-refractivity contribution in [2.24, 2.45) is 5.11 Å². The van der Waals surface area contributed by atoms with E-state index in [1.54, 1.807) is 36.0 Å². The number of aromatic nitrogens is 1. The number of rotatable bonds is 6. The maximum atomic E-state index is 14.7. The lowest BCUT2D eigenvalue weighted by atomic mass is 9.75. The fourth-order valence-electron chi connectivity index (χ4n) is 3.62. The van der Waals surface area contributed by atoms with E-state index >= 15 is 0 Å². The molecular formula is C20H21F2N4O2+. The molecule has 0 aliphatic heterocycles. The molecule has 0 bridgehead atoms. The van der Waals surface area contributed by atoms with Crippen LogP contribution in [0.4, 0.5) is 14.5 Å². The molecule has 28 heavy (non-hydrogen) atoms. The number of fused-ring (bicyclic) bond motifs is 1. The number of alkyl halides is 2. The van der Waals surface area contributed by atoms with Crippen molar-refractivity contribution in [2.75, 3.05) is 0 Å². The summed E-state index contributed by atoms with van der Waals surface area (Å²) in [6, 6.07) is 6.54. The van der Waals surface area contributed by atoms with Crippen LogP contribution in [0.15, 0.2) is 54.2 Å². The van der Waals surface area contributed by atoms with E-state index < -0.39 is 23.7 Å². The van der Waals surface area contributed by atoms with E-state index in [1.165, 1.54) is 19.2 Å². The lowest BCUT2D eigenvalue weighted by Gasteiger charge is -2.32. The highest BCUT2D eigenvalue weighted by molar-refractivity contribution is 5.90. The third-order valence-electron chi connectivity index (χ3n) is 4.86. The van der Waals surface area contributed by atoms with Gasteiger partial charge in [-0.15, -0.1) is 0 Å². The van der Waals surface area contributed by atoms with E-state index in [9.17, 15) is 18.7 Å². The maximum Gasteiger partial charge on any atom is 0.331 e. The number of Topliss-reactive ketones (excluding diaryl/α,β-unsaturated/α-hetero) is 1. The molecule has 2 atom stereocenters. The van der Waals surface area contributed by atoms with Gasteiger partial charge in [-0.25, -0.2) is 5.53 Å². The van der Waals surface area contributed by atoms with Crippen LogP contribution in [0.25, 0.3) is 0 Å². The van der Waals surface area contributed by atoms with Crippen LogP contribution in [0.2, 0.25) is 0 Å². The van der Waals surface area contributed by atoms with E-state index in [4.69, 9.17) is 5.53 Å². The van der Waals surface area contributed by atoms with Gasteiger partial charge in [0.1, 0.15) is 12.4 Å². The Kier molecular flexibility index (Phi) is 5.71. The number of hydrogen-bond donors (Lipinski definition) is 3. The fourth-order valence-corrected chi connectivity index (χ4v) is 3.62. The molecule has 2 aromatic rings. The summed E-state index contributed by atoms with van der Waals surface area (Å²) in [7, 11) is 0. The van der Waals surface area contributed by atoms with Crippen LogP contribution in [0.3, 0.4) is 0 Å². The molecule has 1 aliphatic carbocycles. The van der Waals surface area contributed by atoms with E-state index in [-0.39, 0.29) is 17.5 Å². The monoisotopic (exact) mass is 387 g/mol. The summed E-state index contributed by atoms with van der Waals surface area (Å²) in [5.41, 5.74) is 8.45. The van der Waals surface area contributed by atoms with Crippen molar-refractivity contribution in [3.05, 3.63) is 71.3 Å². The van der Waals surface area contributed by atoms with Crippen LogP contribution < -0.4 is 5.32 Å². The van der Waals surface area contributed by atoms with Crippen molar-refractivity contribution in [3.8, 4) is 0 Å². The van der Waals surface area contributed by atoms with Gasteiger partial charge < -0.3 is 5.11 Å². The molecule has 0 radical (unpaired) electrons. The zero-order chi connectivity index (χ0) is 20.3. The van der Waals surface area contributed by atoms with Gasteiger partial charge in [0.2, 0.25) is 5.78 Å². The van der Waals surface area contributed by atoms with Crippen LogP contribution in [-0.4, -0.2) is 15.9 Å². The number of pyridine rings is 1. The van der Waals surface area contributed by atoms with Gasteiger partial charge >= 0.3 is 5.92 Å². The Morgan fingerprint density at radius 3 is 2.96 bits per heavy atom. The quantitative estimate of drug-likeness (QED) is 0.663. The molecule has 1 aromatic carbocycles. The predicted molar refractivity (Wildman–Crippen MR) is 97.1 cm³/mol. The number of nitrogens with one attached hydrogen (secondary N) is 1. The molecule has 1 aromatic heterocycles. The second-order valence-electron chi connectivity index (χ2n) is 6.85. The Morgan fingerprint density at radius 1 is 1.46 bits per heavy atom. The minimum Gasteiger partial charge on any atom is -0.389 e. The lowest BCUT2D eigenvalue weighted by Crippen LogP contribution is -2.70. The normalized spacial score (nSPS) is 19.4. The molecule has 0 spiro atoms. The summed E-state index contributed by atoms with van der Waals surface area (Å²) >= 11 is 0. The molecule has 146 valence electrons. The van der Waals surface area contributed by atoms with E-state index in [1.807, 2.05) is 6.07 Å². The third-order valence-corrected chi connectivity index (χ3v) is 4.86. The number of halogens is 2.